The standard InChI is InChI=1S/C15H23NO/c1-13-7-10-16(11-8-13)12-9-15(17)14-5-3-2-4-6-14/h2-6,13,15,17H,7-12H2,1H3. The molecular weight excluding hydrogens is 210 g/mol. The molecule has 0 aromatic heterocycles. The minimum Gasteiger partial charge on any atom is -0.388 e. The van der Waals surface area contributed by atoms with Crippen molar-refractivity contribution in [3.63, 3.8) is 0 Å². The van der Waals surface area contributed by atoms with Gasteiger partial charge in [0, 0.05) is 6.54 Å². The minimum absolute atomic E-state index is 0.310. The van der Waals surface area contributed by atoms with Gasteiger partial charge in [-0.05, 0) is 43.8 Å². The summed E-state index contributed by atoms with van der Waals surface area (Å²) in [6.45, 7) is 5.74. The van der Waals surface area contributed by atoms with Crippen molar-refractivity contribution in [1.82, 2.24) is 4.90 Å². The fraction of sp³-hybridized carbons (Fsp3) is 0.600. The lowest BCUT2D eigenvalue weighted by Gasteiger charge is -2.30. The van der Waals surface area contributed by atoms with Crippen molar-refractivity contribution >= 4 is 0 Å². The fourth-order valence-corrected chi connectivity index (χ4v) is 2.43. The lowest BCUT2D eigenvalue weighted by molar-refractivity contribution is 0.125. The molecule has 1 unspecified atom stereocenters. The molecule has 1 heterocycles. The van der Waals surface area contributed by atoms with Gasteiger partial charge < -0.3 is 10.0 Å². The van der Waals surface area contributed by atoms with Gasteiger partial charge in [-0.1, -0.05) is 37.3 Å². The van der Waals surface area contributed by atoms with Crippen molar-refractivity contribution in [2.24, 2.45) is 5.92 Å². The van der Waals surface area contributed by atoms with Crippen molar-refractivity contribution in [3.05, 3.63) is 35.9 Å². The van der Waals surface area contributed by atoms with E-state index in [0.29, 0.717) is 0 Å². The maximum atomic E-state index is 10.1. The molecule has 0 amide bonds. The van der Waals surface area contributed by atoms with Gasteiger partial charge in [-0.3, -0.25) is 0 Å². The van der Waals surface area contributed by atoms with Crippen LogP contribution in [0, 0.1) is 5.92 Å². The van der Waals surface area contributed by atoms with Crippen molar-refractivity contribution in [1.29, 1.82) is 0 Å². The van der Waals surface area contributed by atoms with Crippen LogP contribution in [0.25, 0.3) is 0 Å². The van der Waals surface area contributed by atoms with Crippen LogP contribution in [0.5, 0.6) is 0 Å². The molecule has 1 aromatic rings. The second kappa shape index (κ2) is 6.18. The Hall–Kier alpha value is -0.860. The largest absolute Gasteiger partial charge is 0.388 e. The number of piperidine rings is 1. The van der Waals surface area contributed by atoms with Crippen LogP contribution in [-0.2, 0) is 0 Å². The lowest BCUT2D eigenvalue weighted by Crippen LogP contribution is -2.34. The molecule has 17 heavy (non-hydrogen) atoms. The highest BCUT2D eigenvalue weighted by Gasteiger charge is 2.16. The maximum Gasteiger partial charge on any atom is 0.0802 e. The minimum atomic E-state index is -0.310. The van der Waals surface area contributed by atoms with E-state index in [0.717, 1.165) is 24.4 Å². The molecule has 1 aliphatic heterocycles. The van der Waals surface area contributed by atoms with E-state index in [2.05, 4.69) is 11.8 Å². The Kier molecular flexibility index (Phi) is 4.57. The van der Waals surface area contributed by atoms with E-state index in [1.807, 2.05) is 30.3 Å². The molecule has 1 saturated heterocycles. The van der Waals surface area contributed by atoms with Crippen molar-refractivity contribution in [2.45, 2.75) is 32.3 Å². The molecule has 0 spiro atoms. The van der Waals surface area contributed by atoms with Crippen LogP contribution in [0.15, 0.2) is 30.3 Å². The number of aliphatic hydroxyl groups excluding tert-OH is 1. The zero-order chi connectivity index (χ0) is 12.1. The molecule has 0 radical (unpaired) electrons. The monoisotopic (exact) mass is 233 g/mol. The van der Waals surface area contributed by atoms with Gasteiger partial charge in [-0.2, -0.15) is 0 Å². The van der Waals surface area contributed by atoms with Gasteiger partial charge in [0.25, 0.3) is 0 Å². The highest BCUT2D eigenvalue weighted by molar-refractivity contribution is 5.17. The van der Waals surface area contributed by atoms with Gasteiger partial charge in [0.05, 0.1) is 6.10 Å². The van der Waals surface area contributed by atoms with Crippen LogP contribution in [0.3, 0.4) is 0 Å². The summed E-state index contributed by atoms with van der Waals surface area (Å²) in [5.74, 6) is 0.880. The van der Waals surface area contributed by atoms with Crippen LogP contribution in [0.1, 0.15) is 37.9 Å². The molecule has 1 N–H and O–H groups in total. The Morgan fingerprint density at radius 3 is 2.53 bits per heavy atom. The molecule has 2 heteroatoms. The van der Waals surface area contributed by atoms with Crippen LogP contribution < -0.4 is 0 Å². The van der Waals surface area contributed by atoms with E-state index >= 15 is 0 Å². The van der Waals surface area contributed by atoms with E-state index in [4.69, 9.17) is 0 Å². The number of aliphatic hydroxyl groups is 1. The smallest absolute Gasteiger partial charge is 0.0802 e. The Balaban J connectivity index is 1.75. The van der Waals surface area contributed by atoms with Crippen LogP contribution in [0.2, 0.25) is 0 Å². The summed E-state index contributed by atoms with van der Waals surface area (Å²) in [7, 11) is 0. The predicted octanol–water partition coefficient (Wildman–Crippen LogP) is 2.84. The Morgan fingerprint density at radius 1 is 1.24 bits per heavy atom. The van der Waals surface area contributed by atoms with Gasteiger partial charge in [-0.15, -0.1) is 0 Å². The number of rotatable bonds is 4. The first-order valence-electron chi connectivity index (χ1n) is 6.71. The average Bonchev–Trinajstić information content (AvgIpc) is 2.39. The average molecular weight is 233 g/mol. The predicted molar refractivity (Wildman–Crippen MR) is 70.9 cm³/mol. The normalized spacial score (nSPS) is 20.4. The van der Waals surface area contributed by atoms with Crippen LogP contribution in [0.4, 0.5) is 0 Å². The number of nitrogens with zero attached hydrogens (tertiary/aromatic N) is 1. The van der Waals surface area contributed by atoms with Gasteiger partial charge in [0.15, 0.2) is 0 Å². The molecule has 1 aliphatic rings. The molecule has 94 valence electrons. The van der Waals surface area contributed by atoms with Gasteiger partial charge in [-0.25, -0.2) is 0 Å². The number of likely N-dealkylation sites (tertiary alicyclic amines) is 1. The van der Waals surface area contributed by atoms with Gasteiger partial charge in [0.2, 0.25) is 0 Å². The second-order valence-corrected chi connectivity index (χ2v) is 5.24. The maximum absolute atomic E-state index is 10.1. The van der Waals surface area contributed by atoms with Crippen LogP contribution >= 0.6 is 0 Å². The topological polar surface area (TPSA) is 23.5 Å². The first kappa shape index (κ1) is 12.6. The summed E-state index contributed by atoms with van der Waals surface area (Å²) in [5, 5.41) is 10.1. The molecule has 1 aromatic carbocycles. The van der Waals surface area contributed by atoms with Gasteiger partial charge in [0.1, 0.15) is 0 Å². The third-order valence-corrected chi connectivity index (χ3v) is 3.78. The Morgan fingerprint density at radius 2 is 1.88 bits per heavy atom. The number of hydrogen-bond donors (Lipinski definition) is 1. The highest BCUT2D eigenvalue weighted by atomic mass is 16.3. The molecule has 0 saturated carbocycles. The van der Waals surface area contributed by atoms with E-state index in [9.17, 15) is 5.11 Å². The molecule has 2 rings (SSSR count). The number of hydrogen-bond acceptors (Lipinski definition) is 2. The molecule has 1 fully saturated rings. The van der Waals surface area contributed by atoms with E-state index in [1.165, 1.54) is 25.9 Å². The molecule has 0 bridgehead atoms. The summed E-state index contributed by atoms with van der Waals surface area (Å²) >= 11 is 0. The van der Waals surface area contributed by atoms with Gasteiger partial charge >= 0.3 is 0 Å². The zero-order valence-corrected chi connectivity index (χ0v) is 10.7. The highest BCUT2D eigenvalue weighted by Crippen LogP contribution is 2.20. The van der Waals surface area contributed by atoms with E-state index in [-0.39, 0.29) is 6.10 Å². The van der Waals surface area contributed by atoms with Crippen molar-refractivity contribution < 1.29 is 5.11 Å². The molecule has 1 atom stereocenters. The first-order chi connectivity index (χ1) is 8.25. The third-order valence-electron chi connectivity index (χ3n) is 3.78. The Labute approximate surface area is 104 Å². The molecular formula is C15H23NO. The zero-order valence-electron chi connectivity index (χ0n) is 10.7. The molecule has 0 aliphatic carbocycles. The summed E-state index contributed by atoms with van der Waals surface area (Å²) < 4.78 is 0. The molecule has 2 nitrogen and oxygen atoms in total. The SMILES string of the molecule is CC1CCN(CCC(O)c2ccccc2)CC1. The Bertz CT molecular complexity index is 317. The number of benzene rings is 1. The second-order valence-electron chi connectivity index (χ2n) is 5.24. The third kappa shape index (κ3) is 3.83. The van der Waals surface area contributed by atoms with E-state index in [1.54, 1.807) is 0 Å². The summed E-state index contributed by atoms with van der Waals surface area (Å²) in [6, 6.07) is 9.97. The first-order valence-corrected chi connectivity index (χ1v) is 6.71. The van der Waals surface area contributed by atoms with Crippen molar-refractivity contribution in [2.75, 3.05) is 19.6 Å². The van der Waals surface area contributed by atoms with E-state index < -0.39 is 0 Å². The fourth-order valence-electron chi connectivity index (χ4n) is 2.43. The lowest BCUT2D eigenvalue weighted by atomic mass is 9.98. The quantitative estimate of drug-likeness (QED) is 0.864. The summed E-state index contributed by atoms with van der Waals surface area (Å²) in [6.07, 6.45) is 3.15. The summed E-state index contributed by atoms with van der Waals surface area (Å²) in [5.41, 5.74) is 1.04. The van der Waals surface area contributed by atoms with Crippen molar-refractivity contribution in [3.8, 4) is 0 Å². The summed E-state index contributed by atoms with van der Waals surface area (Å²) in [4.78, 5) is 2.48. The van der Waals surface area contributed by atoms with Crippen LogP contribution in [-0.4, -0.2) is 29.6 Å².